The molecule has 21 heavy (non-hydrogen) atoms. The fraction of sp³-hybridized carbons (Fsp3) is 0.667. The minimum atomic E-state index is -0.551. The molecule has 2 rings (SSSR count). The second kappa shape index (κ2) is 5.97. The molecular weight excluding hydrogens is 268 g/mol. The summed E-state index contributed by atoms with van der Waals surface area (Å²) in [6.45, 7) is 6.03. The van der Waals surface area contributed by atoms with Crippen LogP contribution in [0.3, 0.4) is 0 Å². The fourth-order valence-electron chi connectivity index (χ4n) is 2.72. The SMILES string of the molecule is CC(C)(C)OC(=O)Nc1ncc(C2(CN)CCCC2)cn1. The van der Waals surface area contributed by atoms with E-state index in [2.05, 4.69) is 15.3 Å². The van der Waals surface area contributed by atoms with E-state index in [1.807, 2.05) is 20.8 Å². The zero-order valence-corrected chi connectivity index (χ0v) is 13.0. The highest BCUT2D eigenvalue weighted by molar-refractivity contribution is 5.82. The summed E-state index contributed by atoms with van der Waals surface area (Å²) in [6, 6.07) is 0. The molecule has 0 unspecified atom stereocenters. The molecule has 0 bridgehead atoms. The minimum Gasteiger partial charge on any atom is -0.444 e. The number of nitrogens with one attached hydrogen (secondary N) is 1. The lowest BCUT2D eigenvalue weighted by atomic mass is 9.80. The molecule has 1 aliphatic rings. The van der Waals surface area contributed by atoms with Crippen LogP contribution in [0.2, 0.25) is 0 Å². The number of nitrogens with two attached hydrogens (primary N) is 1. The number of carbonyl (C=O) groups is 1. The number of carbonyl (C=O) groups excluding carboxylic acids is 1. The van der Waals surface area contributed by atoms with Crippen LogP contribution >= 0.6 is 0 Å². The van der Waals surface area contributed by atoms with Crippen molar-refractivity contribution in [3.8, 4) is 0 Å². The van der Waals surface area contributed by atoms with Gasteiger partial charge in [-0.3, -0.25) is 5.32 Å². The molecule has 1 heterocycles. The second-order valence-electron chi connectivity index (χ2n) is 6.61. The lowest BCUT2D eigenvalue weighted by Crippen LogP contribution is -2.32. The van der Waals surface area contributed by atoms with Gasteiger partial charge in [-0.25, -0.2) is 14.8 Å². The van der Waals surface area contributed by atoms with Crippen molar-refractivity contribution in [1.29, 1.82) is 0 Å². The van der Waals surface area contributed by atoms with Gasteiger partial charge in [-0.05, 0) is 39.2 Å². The van der Waals surface area contributed by atoms with E-state index in [0.29, 0.717) is 6.54 Å². The summed E-state index contributed by atoms with van der Waals surface area (Å²) in [6.07, 6.45) is 7.50. The van der Waals surface area contributed by atoms with Gasteiger partial charge in [0.2, 0.25) is 5.95 Å². The van der Waals surface area contributed by atoms with Gasteiger partial charge in [0.1, 0.15) is 5.60 Å². The Morgan fingerprint density at radius 1 is 1.33 bits per heavy atom. The number of aromatic nitrogens is 2. The van der Waals surface area contributed by atoms with Crippen molar-refractivity contribution < 1.29 is 9.53 Å². The van der Waals surface area contributed by atoms with Crippen molar-refractivity contribution in [1.82, 2.24) is 9.97 Å². The average Bonchev–Trinajstić information content (AvgIpc) is 2.87. The van der Waals surface area contributed by atoms with E-state index in [1.165, 1.54) is 12.8 Å². The van der Waals surface area contributed by atoms with E-state index in [9.17, 15) is 4.79 Å². The molecule has 6 heteroatoms. The van der Waals surface area contributed by atoms with E-state index in [-0.39, 0.29) is 11.4 Å². The van der Waals surface area contributed by atoms with Gasteiger partial charge in [0.25, 0.3) is 0 Å². The second-order valence-corrected chi connectivity index (χ2v) is 6.61. The van der Waals surface area contributed by atoms with Gasteiger partial charge in [0.05, 0.1) is 0 Å². The Balaban J connectivity index is 2.04. The molecule has 1 amide bonds. The normalized spacial score (nSPS) is 17.5. The van der Waals surface area contributed by atoms with Gasteiger partial charge in [0, 0.05) is 24.4 Å². The number of hydrogen-bond acceptors (Lipinski definition) is 5. The number of nitrogens with zero attached hydrogens (tertiary/aromatic N) is 2. The third kappa shape index (κ3) is 3.91. The molecule has 1 saturated carbocycles. The third-order valence-corrected chi connectivity index (χ3v) is 3.83. The Morgan fingerprint density at radius 2 is 1.90 bits per heavy atom. The molecular formula is C15H24N4O2. The Kier molecular flexibility index (Phi) is 4.46. The topological polar surface area (TPSA) is 90.1 Å². The van der Waals surface area contributed by atoms with E-state index in [1.54, 1.807) is 12.4 Å². The third-order valence-electron chi connectivity index (χ3n) is 3.83. The zero-order valence-electron chi connectivity index (χ0n) is 13.0. The van der Waals surface area contributed by atoms with Crippen LogP contribution < -0.4 is 11.1 Å². The van der Waals surface area contributed by atoms with Crippen molar-refractivity contribution in [2.24, 2.45) is 5.73 Å². The molecule has 0 atom stereocenters. The Labute approximate surface area is 125 Å². The first kappa shape index (κ1) is 15.7. The van der Waals surface area contributed by atoms with Gasteiger partial charge < -0.3 is 10.5 Å². The van der Waals surface area contributed by atoms with Gasteiger partial charge in [-0.1, -0.05) is 12.8 Å². The smallest absolute Gasteiger partial charge is 0.414 e. The Bertz CT molecular complexity index is 487. The molecule has 1 aromatic rings. The Morgan fingerprint density at radius 3 is 2.38 bits per heavy atom. The van der Waals surface area contributed by atoms with Gasteiger partial charge >= 0.3 is 6.09 Å². The predicted molar refractivity (Wildman–Crippen MR) is 81.1 cm³/mol. The van der Waals surface area contributed by atoms with Crippen molar-refractivity contribution >= 4 is 12.0 Å². The highest BCUT2D eigenvalue weighted by atomic mass is 16.6. The standard InChI is InChI=1S/C15H24N4O2/c1-14(2,3)21-13(20)19-12-17-8-11(9-18-12)15(10-16)6-4-5-7-15/h8-9H,4-7,10,16H2,1-3H3,(H,17,18,19,20). The highest BCUT2D eigenvalue weighted by Gasteiger charge is 2.34. The number of ether oxygens (including phenoxy) is 1. The van der Waals surface area contributed by atoms with Crippen molar-refractivity contribution in [2.75, 3.05) is 11.9 Å². The molecule has 0 radical (unpaired) electrons. The number of hydrogen-bond donors (Lipinski definition) is 2. The molecule has 116 valence electrons. The van der Waals surface area contributed by atoms with Gasteiger partial charge in [0.15, 0.2) is 0 Å². The minimum absolute atomic E-state index is 0.00441. The van der Waals surface area contributed by atoms with Crippen LogP contribution in [-0.2, 0) is 10.2 Å². The van der Waals surface area contributed by atoms with E-state index in [0.717, 1.165) is 18.4 Å². The first-order valence-electron chi connectivity index (χ1n) is 7.37. The lowest BCUT2D eigenvalue weighted by molar-refractivity contribution is 0.0634. The number of rotatable bonds is 3. The van der Waals surface area contributed by atoms with Crippen molar-refractivity contribution in [3.05, 3.63) is 18.0 Å². The fourth-order valence-corrected chi connectivity index (χ4v) is 2.72. The van der Waals surface area contributed by atoms with E-state index >= 15 is 0 Å². The summed E-state index contributed by atoms with van der Waals surface area (Å²) >= 11 is 0. The van der Waals surface area contributed by atoms with Crippen LogP contribution in [0, 0.1) is 0 Å². The molecule has 6 nitrogen and oxygen atoms in total. The first-order valence-corrected chi connectivity index (χ1v) is 7.37. The van der Waals surface area contributed by atoms with E-state index < -0.39 is 11.7 Å². The first-order chi connectivity index (χ1) is 9.85. The van der Waals surface area contributed by atoms with Crippen LogP contribution in [0.4, 0.5) is 10.7 Å². The molecule has 1 fully saturated rings. The van der Waals surface area contributed by atoms with Crippen LogP contribution in [0.15, 0.2) is 12.4 Å². The van der Waals surface area contributed by atoms with Gasteiger partial charge in [-0.15, -0.1) is 0 Å². The largest absolute Gasteiger partial charge is 0.444 e. The monoisotopic (exact) mass is 292 g/mol. The maximum Gasteiger partial charge on any atom is 0.414 e. The summed E-state index contributed by atoms with van der Waals surface area (Å²) in [5.74, 6) is 0.248. The molecule has 0 spiro atoms. The molecule has 1 aromatic heterocycles. The lowest BCUT2D eigenvalue weighted by Gasteiger charge is -2.27. The quantitative estimate of drug-likeness (QED) is 0.893. The van der Waals surface area contributed by atoms with Crippen LogP contribution in [-0.4, -0.2) is 28.2 Å². The average molecular weight is 292 g/mol. The molecule has 0 saturated heterocycles. The van der Waals surface area contributed by atoms with Crippen molar-refractivity contribution in [3.63, 3.8) is 0 Å². The number of anilines is 1. The summed E-state index contributed by atoms with van der Waals surface area (Å²) in [5.41, 5.74) is 6.46. The summed E-state index contributed by atoms with van der Waals surface area (Å²) in [7, 11) is 0. The van der Waals surface area contributed by atoms with E-state index in [4.69, 9.17) is 10.5 Å². The maximum absolute atomic E-state index is 11.7. The maximum atomic E-state index is 11.7. The highest BCUT2D eigenvalue weighted by Crippen LogP contribution is 2.39. The number of amides is 1. The zero-order chi connectivity index (χ0) is 15.5. The summed E-state index contributed by atoms with van der Waals surface area (Å²) < 4.78 is 5.16. The van der Waals surface area contributed by atoms with Crippen LogP contribution in [0.1, 0.15) is 52.0 Å². The molecule has 0 aliphatic heterocycles. The van der Waals surface area contributed by atoms with Crippen LogP contribution in [0.5, 0.6) is 0 Å². The van der Waals surface area contributed by atoms with Gasteiger partial charge in [-0.2, -0.15) is 0 Å². The van der Waals surface area contributed by atoms with Crippen molar-refractivity contribution in [2.45, 2.75) is 57.5 Å². The molecule has 3 N–H and O–H groups in total. The van der Waals surface area contributed by atoms with Crippen LogP contribution in [0.25, 0.3) is 0 Å². The summed E-state index contributed by atoms with van der Waals surface area (Å²) in [4.78, 5) is 20.1. The molecule has 0 aromatic carbocycles. The predicted octanol–water partition coefficient (Wildman–Crippen LogP) is 2.59. The Hall–Kier alpha value is -1.69. The summed E-state index contributed by atoms with van der Waals surface area (Å²) in [5, 5.41) is 2.53. The molecule has 1 aliphatic carbocycles.